The molecule has 22 heavy (non-hydrogen) atoms. The molecule has 1 amide bonds. The maximum atomic E-state index is 11.9. The van der Waals surface area contributed by atoms with Gasteiger partial charge in [-0.1, -0.05) is 51.6 Å². The average molecular weight is 319 g/mol. The summed E-state index contributed by atoms with van der Waals surface area (Å²) in [5.41, 5.74) is 2.13. The molecule has 1 N–H and O–H groups in total. The van der Waals surface area contributed by atoms with Crippen LogP contribution in [0.2, 0.25) is 0 Å². The largest absolute Gasteiger partial charge is 0.416 e. The normalized spacial score (nSPS) is 11.5. The number of nitrogens with zero attached hydrogens (tertiary/aromatic N) is 2. The average Bonchev–Trinajstić information content (AvgIpc) is 2.93. The van der Waals surface area contributed by atoms with E-state index in [2.05, 4.69) is 36.3 Å². The van der Waals surface area contributed by atoms with E-state index in [-0.39, 0.29) is 17.1 Å². The smallest absolute Gasteiger partial charge is 0.277 e. The molecule has 0 aliphatic heterocycles. The Labute approximate surface area is 134 Å². The highest BCUT2D eigenvalue weighted by atomic mass is 32.2. The van der Waals surface area contributed by atoms with Crippen molar-refractivity contribution >= 4 is 23.4 Å². The quantitative estimate of drug-likeness (QED) is 0.852. The Morgan fingerprint density at radius 3 is 2.45 bits per heavy atom. The summed E-state index contributed by atoms with van der Waals surface area (Å²) in [5.74, 6) is 0.734. The lowest BCUT2D eigenvalue weighted by Crippen LogP contribution is -2.15. The van der Waals surface area contributed by atoms with Crippen molar-refractivity contribution in [3.05, 3.63) is 35.7 Å². The molecule has 6 heteroatoms. The van der Waals surface area contributed by atoms with E-state index >= 15 is 0 Å². The minimum Gasteiger partial charge on any atom is -0.416 e. The molecule has 1 aromatic carbocycles. The lowest BCUT2D eigenvalue weighted by atomic mass is 9.87. The Kier molecular flexibility index (Phi) is 5.24. The van der Waals surface area contributed by atoms with Crippen molar-refractivity contribution in [1.29, 1.82) is 0 Å². The number of aryl methyl sites for hydroxylation is 1. The summed E-state index contributed by atoms with van der Waals surface area (Å²) in [6.07, 6.45) is 0.694. The summed E-state index contributed by atoms with van der Waals surface area (Å²) in [4.78, 5) is 11.9. The van der Waals surface area contributed by atoms with E-state index in [0.29, 0.717) is 17.5 Å². The molecule has 0 saturated carbocycles. The molecule has 0 radical (unpaired) electrons. The zero-order chi connectivity index (χ0) is 16.2. The fourth-order valence-electron chi connectivity index (χ4n) is 1.82. The topological polar surface area (TPSA) is 68.0 Å². The van der Waals surface area contributed by atoms with E-state index in [9.17, 15) is 4.79 Å². The summed E-state index contributed by atoms with van der Waals surface area (Å²) in [6, 6.07) is 7.92. The Balaban J connectivity index is 1.86. The molecule has 2 rings (SSSR count). The van der Waals surface area contributed by atoms with E-state index < -0.39 is 0 Å². The lowest BCUT2D eigenvalue weighted by Gasteiger charge is -2.19. The molecule has 0 unspecified atom stereocenters. The van der Waals surface area contributed by atoms with Gasteiger partial charge in [0, 0.05) is 12.1 Å². The zero-order valence-corrected chi connectivity index (χ0v) is 14.2. The highest BCUT2D eigenvalue weighted by molar-refractivity contribution is 7.99. The molecule has 1 heterocycles. The van der Waals surface area contributed by atoms with Gasteiger partial charge in [-0.3, -0.25) is 4.79 Å². The number of hydrogen-bond acceptors (Lipinski definition) is 5. The number of benzene rings is 1. The molecule has 2 aromatic rings. The first-order valence-corrected chi connectivity index (χ1v) is 8.22. The maximum absolute atomic E-state index is 11.9. The minimum absolute atomic E-state index is 0.0928. The van der Waals surface area contributed by atoms with Gasteiger partial charge in [0.05, 0.1) is 5.75 Å². The van der Waals surface area contributed by atoms with E-state index in [0.717, 1.165) is 5.69 Å². The number of amides is 1. The SMILES string of the molecule is CCc1nnc(SCC(=O)Nc2ccc(C(C)(C)C)cc2)o1. The van der Waals surface area contributed by atoms with Crippen molar-refractivity contribution in [3.8, 4) is 0 Å². The maximum Gasteiger partial charge on any atom is 0.277 e. The molecular weight excluding hydrogens is 298 g/mol. The number of hydrogen-bond donors (Lipinski definition) is 1. The number of nitrogens with one attached hydrogen (secondary N) is 1. The summed E-state index contributed by atoms with van der Waals surface area (Å²) in [5, 5.41) is 11.0. The molecule has 118 valence electrons. The van der Waals surface area contributed by atoms with Crippen LogP contribution in [0, 0.1) is 0 Å². The number of aromatic nitrogens is 2. The van der Waals surface area contributed by atoms with Gasteiger partial charge in [0.25, 0.3) is 5.22 Å². The number of thioether (sulfide) groups is 1. The summed E-state index contributed by atoms with van der Waals surface area (Å²) in [7, 11) is 0. The first kappa shape index (κ1) is 16.5. The molecule has 0 fully saturated rings. The second-order valence-electron chi connectivity index (χ2n) is 5.98. The third-order valence-corrected chi connectivity index (χ3v) is 3.93. The van der Waals surface area contributed by atoms with Gasteiger partial charge in [0.1, 0.15) is 0 Å². The Morgan fingerprint density at radius 1 is 1.23 bits per heavy atom. The minimum atomic E-state index is -0.0928. The standard InChI is InChI=1S/C16H21N3O2S/c1-5-14-18-19-15(21-14)22-10-13(20)17-12-8-6-11(7-9-12)16(2,3)4/h6-9H,5,10H2,1-4H3,(H,17,20). The fourth-order valence-corrected chi connectivity index (χ4v) is 2.40. The molecule has 0 spiro atoms. The van der Waals surface area contributed by atoms with E-state index in [1.165, 1.54) is 17.3 Å². The monoisotopic (exact) mass is 319 g/mol. The van der Waals surface area contributed by atoms with Crippen LogP contribution in [-0.4, -0.2) is 21.9 Å². The van der Waals surface area contributed by atoms with Gasteiger partial charge in [-0.2, -0.15) is 0 Å². The Bertz CT molecular complexity index is 630. The summed E-state index contributed by atoms with van der Waals surface area (Å²) >= 11 is 1.24. The molecule has 5 nitrogen and oxygen atoms in total. The highest BCUT2D eigenvalue weighted by Crippen LogP contribution is 2.23. The van der Waals surface area contributed by atoms with Crippen molar-refractivity contribution in [2.24, 2.45) is 0 Å². The van der Waals surface area contributed by atoms with Gasteiger partial charge >= 0.3 is 0 Å². The van der Waals surface area contributed by atoms with Crippen LogP contribution >= 0.6 is 11.8 Å². The van der Waals surface area contributed by atoms with Crippen molar-refractivity contribution in [2.45, 2.75) is 44.8 Å². The van der Waals surface area contributed by atoms with E-state index in [4.69, 9.17) is 4.42 Å². The van der Waals surface area contributed by atoms with E-state index in [1.807, 2.05) is 31.2 Å². The molecule has 0 aliphatic carbocycles. The van der Waals surface area contributed by atoms with Crippen LogP contribution in [0.5, 0.6) is 0 Å². The lowest BCUT2D eigenvalue weighted by molar-refractivity contribution is -0.113. The van der Waals surface area contributed by atoms with Crippen LogP contribution in [0.1, 0.15) is 39.1 Å². The van der Waals surface area contributed by atoms with Crippen molar-refractivity contribution in [1.82, 2.24) is 10.2 Å². The Morgan fingerprint density at radius 2 is 1.91 bits per heavy atom. The molecule has 0 atom stereocenters. The summed E-state index contributed by atoms with van der Waals surface area (Å²) < 4.78 is 5.35. The van der Waals surface area contributed by atoms with Crippen LogP contribution in [0.15, 0.2) is 33.9 Å². The highest BCUT2D eigenvalue weighted by Gasteiger charge is 2.13. The molecular formula is C16H21N3O2S. The molecule has 0 saturated heterocycles. The first-order valence-electron chi connectivity index (χ1n) is 7.24. The van der Waals surface area contributed by atoms with Gasteiger partial charge in [-0.25, -0.2) is 0 Å². The number of carbonyl (C=O) groups is 1. The third kappa shape index (κ3) is 4.59. The molecule has 0 bridgehead atoms. The second-order valence-corrected chi connectivity index (χ2v) is 6.91. The van der Waals surface area contributed by atoms with Crippen LogP contribution < -0.4 is 5.32 Å². The fraction of sp³-hybridized carbons (Fsp3) is 0.438. The molecule has 1 aromatic heterocycles. The summed E-state index contributed by atoms with van der Waals surface area (Å²) in [6.45, 7) is 8.42. The number of rotatable bonds is 5. The van der Waals surface area contributed by atoms with Crippen molar-refractivity contribution in [2.75, 3.05) is 11.1 Å². The third-order valence-electron chi connectivity index (χ3n) is 3.11. The van der Waals surface area contributed by atoms with Crippen LogP contribution in [-0.2, 0) is 16.6 Å². The number of anilines is 1. The van der Waals surface area contributed by atoms with Crippen molar-refractivity contribution < 1.29 is 9.21 Å². The van der Waals surface area contributed by atoms with Gasteiger partial charge < -0.3 is 9.73 Å². The van der Waals surface area contributed by atoms with Crippen LogP contribution in [0.25, 0.3) is 0 Å². The van der Waals surface area contributed by atoms with Gasteiger partial charge in [0.2, 0.25) is 11.8 Å². The zero-order valence-electron chi connectivity index (χ0n) is 13.3. The second kappa shape index (κ2) is 6.96. The van der Waals surface area contributed by atoms with Crippen LogP contribution in [0.4, 0.5) is 5.69 Å². The van der Waals surface area contributed by atoms with Crippen LogP contribution in [0.3, 0.4) is 0 Å². The van der Waals surface area contributed by atoms with E-state index in [1.54, 1.807) is 0 Å². The molecule has 0 aliphatic rings. The predicted molar refractivity (Wildman–Crippen MR) is 88.2 cm³/mol. The van der Waals surface area contributed by atoms with Gasteiger partial charge in [-0.05, 0) is 23.1 Å². The van der Waals surface area contributed by atoms with Gasteiger partial charge in [-0.15, -0.1) is 10.2 Å². The predicted octanol–water partition coefficient (Wildman–Crippen LogP) is 3.66. The Hall–Kier alpha value is -1.82. The number of carbonyl (C=O) groups excluding carboxylic acids is 1. The van der Waals surface area contributed by atoms with Crippen molar-refractivity contribution in [3.63, 3.8) is 0 Å². The first-order chi connectivity index (χ1) is 10.4. The van der Waals surface area contributed by atoms with Gasteiger partial charge in [0.15, 0.2) is 0 Å².